The Bertz CT molecular complexity index is 507. The first-order valence-corrected chi connectivity index (χ1v) is 5.35. The topological polar surface area (TPSA) is 37.4 Å². The SMILES string of the molecule is O=C1C=CC(=O)N1c1cc(Cl)c(Cl)cc1Cl. The molecular formula is C10H4Cl3NO2. The van der Waals surface area contributed by atoms with Crippen LogP contribution in [-0.2, 0) is 9.59 Å². The van der Waals surface area contributed by atoms with E-state index >= 15 is 0 Å². The van der Waals surface area contributed by atoms with Gasteiger partial charge in [-0.25, -0.2) is 4.90 Å². The predicted octanol–water partition coefficient (Wildman–Crippen LogP) is 3.08. The summed E-state index contributed by atoms with van der Waals surface area (Å²) in [5.41, 5.74) is 0.232. The van der Waals surface area contributed by atoms with Crippen LogP contribution in [0.25, 0.3) is 0 Å². The van der Waals surface area contributed by atoms with Crippen molar-refractivity contribution in [1.82, 2.24) is 0 Å². The molecule has 0 saturated carbocycles. The summed E-state index contributed by atoms with van der Waals surface area (Å²) >= 11 is 17.4. The monoisotopic (exact) mass is 275 g/mol. The minimum Gasteiger partial charge on any atom is -0.269 e. The average molecular weight is 277 g/mol. The zero-order valence-electron chi connectivity index (χ0n) is 7.71. The van der Waals surface area contributed by atoms with E-state index in [1.165, 1.54) is 24.3 Å². The lowest BCUT2D eigenvalue weighted by Crippen LogP contribution is -2.29. The Balaban J connectivity index is 2.53. The standard InChI is InChI=1S/C10H4Cl3NO2/c11-5-3-7(13)8(4-6(5)12)14-9(15)1-2-10(14)16/h1-4H. The van der Waals surface area contributed by atoms with Crippen LogP contribution >= 0.6 is 34.8 Å². The molecule has 3 nitrogen and oxygen atoms in total. The van der Waals surface area contributed by atoms with Crippen molar-refractivity contribution in [3.63, 3.8) is 0 Å². The molecule has 0 fully saturated rings. The Morgan fingerprint density at radius 1 is 0.812 bits per heavy atom. The second kappa shape index (κ2) is 4.09. The number of carbonyl (C=O) groups excluding carboxylic acids is 2. The molecule has 0 aromatic heterocycles. The van der Waals surface area contributed by atoms with Crippen LogP contribution in [0.5, 0.6) is 0 Å². The maximum atomic E-state index is 11.4. The van der Waals surface area contributed by atoms with E-state index < -0.39 is 11.8 Å². The van der Waals surface area contributed by atoms with E-state index in [-0.39, 0.29) is 20.8 Å². The van der Waals surface area contributed by atoms with Crippen LogP contribution in [-0.4, -0.2) is 11.8 Å². The molecule has 2 rings (SSSR count). The molecule has 0 bridgehead atoms. The fourth-order valence-corrected chi connectivity index (χ4v) is 1.95. The van der Waals surface area contributed by atoms with Gasteiger partial charge in [0.25, 0.3) is 11.8 Å². The third-order valence-corrected chi connectivity index (χ3v) is 3.06. The highest BCUT2D eigenvalue weighted by Crippen LogP contribution is 2.35. The number of amides is 2. The first-order valence-electron chi connectivity index (χ1n) is 4.21. The van der Waals surface area contributed by atoms with Gasteiger partial charge in [-0.1, -0.05) is 34.8 Å². The number of rotatable bonds is 1. The van der Waals surface area contributed by atoms with Crippen molar-refractivity contribution in [3.05, 3.63) is 39.4 Å². The van der Waals surface area contributed by atoms with Gasteiger partial charge in [0.2, 0.25) is 0 Å². The van der Waals surface area contributed by atoms with Gasteiger partial charge >= 0.3 is 0 Å². The first kappa shape index (κ1) is 11.5. The van der Waals surface area contributed by atoms with Crippen molar-refractivity contribution in [2.24, 2.45) is 0 Å². The highest BCUT2D eigenvalue weighted by molar-refractivity contribution is 6.45. The van der Waals surface area contributed by atoms with Gasteiger partial charge in [-0.3, -0.25) is 9.59 Å². The summed E-state index contributed by atoms with van der Waals surface area (Å²) < 4.78 is 0. The molecule has 0 atom stereocenters. The Morgan fingerprint density at radius 2 is 1.31 bits per heavy atom. The minimum atomic E-state index is -0.453. The zero-order valence-corrected chi connectivity index (χ0v) is 9.97. The van der Waals surface area contributed by atoms with Crippen molar-refractivity contribution in [2.75, 3.05) is 4.90 Å². The number of halogens is 3. The van der Waals surface area contributed by atoms with Crippen LogP contribution in [0.4, 0.5) is 5.69 Å². The molecule has 1 heterocycles. The van der Waals surface area contributed by atoms with E-state index in [0.29, 0.717) is 0 Å². The molecular weight excluding hydrogens is 272 g/mol. The number of anilines is 1. The minimum absolute atomic E-state index is 0.194. The van der Waals surface area contributed by atoms with Crippen molar-refractivity contribution >= 4 is 52.3 Å². The molecule has 0 spiro atoms. The molecule has 16 heavy (non-hydrogen) atoms. The third kappa shape index (κ3) is 1.82. The molecule has 0 saturated heterocycles. The molecule has 0 unspecified atom stereocenters. The number of nitrogens with zero attached hydrogens (tertiary/aromatic N) is 1. The molecule has 0 aliphatic carbocycles. The quantitative estimate of drug-likeness (QED) is 0.584. The molecule has 1 aliphatic rings. The van der Waals surface area contributed by atoms with E-state index in [0.717, 1.165) is 4.90 Å². The normalized spacial score (nSPS) is 15.1. The number of carbonyl (C=O) groups is 2. The van der Waals surface area contributed by atoms with Gasteiger partial charge in [0, 0.05) is 12.2 Å². The number of hydrogen-bond acceptors (Lipinski definition) is 2. The molecule has 1 aromatic rings. The summed E-state index contributed by atoms with van der Waals surface area (Å²) in [6.45, 7) is 0. The van der Waals surface area contributed by atoms with Crippen molar-refractivity contribution < 1.29 is 9.59 Å². The summed E-state index contributed by atoms with van der Waals surface area (Å²) in [6, 6.07) is 2.77. The molecule has 82 valence electrons. The third-order valence-electron chi connectivity index (χ3n) is 2.04. The highest BCUT2D eigenvalue weighted by Gasteiger charge is 2.27. The van der Waals surface area contributed by atoms with Crippen molar-refractivity contribution in [2.45, 2.75) is 0 Å². The van der Waals surface area contributed by atoms with Crippen LogP contribution in [0.15, 0.2) is 24.3 Å². The Morgan fingerprint density at radius 3 is 1.88 bits per heavy atom. The second-order valence-corrected chi connectivity index (χ2v) is 4.28. The zero-order chi connectivity index (χ0) is 11.9. The maximum absolute atomic E-state index is 11.4. The molecule has 0 N–H and O–H groups in total. The van der Waals surface area contributed by atoms with Crippen LogP contribution in [0, 0.1) is 0 Å². The van der Waals surface area contributed by atoms with Crippen LogP contribution in [0.2, 0.25) is 15.1 Å². The van der Waals surface area contributed by atoms with Crippen molar-refractivity contribution in [1.29, 1.82) is 0 Å². The van der Waals surface area contributed by atoms with Crippen LogP contribution < -0.4 is 4.90 Å². The van der Waals surface area contributed by atoms with E-state index in [1.807, 2.05) is 0 Å². The molecule has 0 radical (unpaired) electrons. The largest absolute Gasteiger partial charge is 0.269 e. The van der Waals surface area contributed by atoms with Crippen LogP contribution in [0.3, 0.4) is 0 Å². The smallest absolute Gasteiger partial charge is 0.258 e. The summed E-state index contributed by atoms with van der Waals surface area (Å²) in [7, 11) is 0. The summed E-state index contributed by atoms with van der Waals surface area (Å²) in [5, 5.41) is 0.691. The lowest BCUT2D eigenvalue weighted by atomic mass is 10.3. The van der Waals surface area contributed by atoms with Gasteiger partial charge in [0.05, 0.1) is 20.8 Å². The van der Waals surface area contributed by atoms with E-state index in [2.05, 4.69) is 0 Å². The van der Waals surface area contributed by atoms with E-state index in [1.54, 1.807) is 0 Å². The van der Waals surface area contributed by atoms with Crippen LogP contribution in [0.1, 0.15) is 0 Å². The Labute approximate surface area is 106 Å². The fraction of sp³-hybridized carbons (Fsp3) is 0. The summed E-state index contributed by atoms with van der Waals surface area (Å²) in [5.74, 6) is -0.907. The van der Waals surface area contributed by atoms with Gasteiger partial charge in [-0.15, -0.1) is 0 Å². The van der Waals surface area contributed by atoms with Gasteiger partial charge in [0.15, 0.2) is 0 Å². The predicted molar refractivity (Wildman–Crippen MR) is 63.1 cm³/mol. The summed E-state index contributed by atoms with van der Waals surface area (Å²) in [6.07, 6.45) is 2.34. The number of imide groups is 1. The highest BCUT2D eigenvalue weighted by atomic mass is 35.5. The molecule has 6 heteroatoms. The van der Waals surface area contributed by atoms with Crippen molar-refractivity contribution in [3.8, 4) is 0 Å². The summed E-state index contributed by atoms with van der Waals surface area (Å²) in [4.78, 5) is 23.8. The Kier molecular flexibility index (Phi) is 2.93. The number of hydrogen-bond donors (Lipinski definition) is 0. The Hall–Kier alpha value is -1.03. The molecule has 1 aromatic carbocycles. The number of benzene rings is 1. The second-order valence-electron chi connectivity index (χ2n) is 3.06. The van der Waals surface area contributed by atoms with Gasteiger partial charge in [-0.2, -0.15) is 0 Å². The fourth-order valence-electron chi connectivity index (χ4n) is 1.32. The lowest BCUT2D eigenvalue weighted by molar-refractivity contribution is -0.119. The van der Waals surface area contributed by atoms with Gasteiger partial charge in [0.1, 0.15) is 0 Å². The first-order chi connectivity index (χ1) is 7.50. The van der Waals surface area contributed by atoms with Gasteiger partial charge < -0.3 is 0 Å². The van der Waals surface area contributed by atoms with E-state index in [9.17, 15) is 9.59 Å². The average Bonchev–Trinajstić information content (AvgIpc) is 2.53. The molecule has 2 amide bonds. The van der Waals surface area contributed by atoms with Gasteiger partial charge in [-0.05, 0) is 12.1 Å². The maximum Gasteiger partial charge on any atom is 0.258 e. The molecule has 1 aliphatic heterocycles. The van der Waals surface area contributed by atoms with E-state index in [4.69, 9.17) is 34.8 Å². The lowest BCUT2D eigenvalue weighted by Gasteiger charge is -2.16.